The van der Waals surface area contributed by atoms with Crippen LogP contribution in [0, 0.1) is 0 Å². The van der Waals surface area contributed by atoms with Gasteiger partial charge in [-0.1, -0.05) is 42.5 Å². The van der Waals surface area contributed by atoms with E-state index in [1.807, 2.05) is 18.4 Å². The van der Waals surface area contributed by atoms with E-state index in [9.17, 15) is 9.59 Å². The van der Waals surface area contributed by atoms with Crippen LogP contribution in [-0.2, 0) is 14.3 Å². The smallest absolute Gasteiger partial charge is 0.328 e. The summed E-state index contributed by atoms with van der Waals surface area (Å²) < 4.78 is 5.61. The van der Waals surface area contributed by atoms with Crippen LogP contribution in [-0.4, -0.2) is 28.3 Å². The van der Waals surface area contributed by atoms with Crippen molar-refractivity contribution in [2.45, 2.75) is 6.10 Å². The summed E-state index contributed by atoms with van der Waals surface area (Å²) in [5.74, 6) is -2.51. The molecule has 0 fully saturated rings. The number of carbonyl (C=O) groups is 2. The maximum absolute atomic E-state index is 9.55. The molecule has 112 valence electrons. The van der Waals surface area contributed by atoms with Gasteiger partial charge in [-0.3, -0.25) is 0 Å². The van der Waals surface area contributed by atoms with Crippen LogP contribution >= 0.6 is 0 Å². The summed E-state index contributed by atoms with van der Waals surface area (Å²) in [6.07, 6.45) is 11.3. The molecule has 1 aliphatic heterocycles. The van der Waals surface area contributed by atoms with Gasteiger partial charge in [-0.15, -0.1) is 0 Å². The second kappa shape index (κ2) is 7.08. The largest absolute Gasteiger partial charge is 0.489 e. The Labute approximate surface area is 126 Å². The number of fused-ring (bicyclic) bond motifs is 2. The minimum atomic E-state index is -1.26. The number of aliphatic carboxylic acids is 2. The van der Waals surface area contributed by atoms with Gasteiger partial charge < -0.3 is 14.9 Å². The molecule has 1 unspecified atom stereocenters. The van der Waals surface area contributed by atoms with E-state index in [0.717, 1.165) is 0 Å². The first-order valence-electron chi connectivity index (χ1n) is 6.51. The Balaban J connectivity index is 0.000000192. The highest BCUT2D eigenvalue weighted by molar-refractivity contribution is 5.89. The predicted octanol–water partition coefficient (Wildman–Crippen LogP) is 0.812. The van der Waals surface area contributed by atoms with E-state index in [2.05, 4.69) is 36.4 Å². The molecule has 0 saturated heterocycles. The number of ether oxygens (including phenoxy) is 1. The Bertz CT molecular complexity index is 768. The summed E-state index contributed by atoms with van der Waals surface area (Å²) in [4.78, 5) is 19.1. The van der Waals surface area contributed by atoms with Gasteiger partial charge in [0.05, 0.1) is 6.26 Å². The van der Waals surface area contributed by atoms with E-state index in [4.69, 9.17) is 14.9 Å². The van der Waals surface area contributed by atoms with Gasteiger partial charge in [0.2, 0.25) is 0 Å². The van der Waals surface area contributed by atoms with E-state index >= 15 is 0 Å². The Morgan fingerprint density at radius 1 is 1.05 bits per heavy atom. The highest BCUT2D eigenvalue weighted by Crippen LogP contribution is 2.16. The normalized spacial score (nSPS) is 17.5. The van der Waals surface area contributed by atoms with Crippen molar-refractivity contribution in [2.24, 2.45) is 0 Å². The number of allylic oxidation sites excluding steroid dienone is 2. The second-order valence-electron chi connectivity index (χ2n) is 4.47. The first kappa shape index (κ1) is 15.3. The molecule has 0 aromatic heterocycles. The summed E-state index contributed by atoms with van der Waals surface area (Å²) in [7, 11) is 0. The molecule has 22 heavy (non-hydrogen) atoms. The lowest BCUT2D eigenvalue weighted by atomic mass is 9.99. The van der Waals surface area contributed by atoms with Crippen molar-refractivity contribution < 1.29 is 24.5 Å². The van der Waals surface area contributed by atoms with Gasteiger partial charge in [0, 0.05) is 22.9 Å². The van der Waals surface area contributed by atoms with Gasteiger partial charge >= 0.3 is 11.9 Å². The Morgan fingerprint density at radius 3 is 2.41 bits per heavy atom. The van der Waals surface area contributed by atoms with Crippen molar-refractivity contribution in [1.82, 2.24) is 0 Å². The van der Waals surface area contributed by atoms with Gasteiger partial charge in [-0.25, -0.2) is 9.59 Å². The molecule has 0 radical (unpaired) electrons. The fourth-order valence-corrected chi connectivity index (χ4v) is 2.04. The summed E-state index contributed by atoms with van der Waals surface area (Å²) in [5.41, 5.74) is 1.26. The van der Waals surface area contributed by atoms with E-state index in [1.54, 1.807) is 0 Å². The number of hydrogen-bond acceptors (Lipinski definition) is 3. The van der Waals surface area contributed by atoms with Gasteiger partial charge in [-0.2, -0.15) is 0 Å². The molecule has 1 aromatic rings. The quantitative estimate of drug-likeness (QED) is 0.790. The van der Waals surface area contributed by atoms with Gasteiger partial charge in [0.15, 0.2) is 0 Å². The molecule has 2 aliphatic rings. The van der Waals surface area contributed by atoms with Crippen molar-refractivity contribution >= 4 is 23.8 Å². The fraction of sp³-hybridized carbons (Fsp3) is 0.0588. The van der Waals surface area contributed by atoms with Crippen molar-refractivity contribution in [2.75, 3.05) is 0 Å². The van der Waals surface area contributed by atoms with Crippen molar-refractivity contribution in [3.8, 4) is 0 Å². The Kier molecular flexibility index (Phi) is 4.93. The lowest BCUT2D eigenvalue weighted by Crippen LogP contribution is -2.35. The molecule has 1 atom stereocenters. The lowest BCUT2D eigenvalue weighted by Gasteiger charge is -2.20. The van der Waals surface area contributed by atoms with E-state index in [0.29, 0.717) is 12.2 Å². The molecule has 0 amide bonds. The van der Waals surface area contributed by atoms with Crippen molar-refractivity contribution in [3.63, 3.8) is 0 Å². The molecule has 0 saturated carbocycles. The highest BCUT2D eigenvalue weighted by atomic mass is 16.5. The van der Waals surface area contributed by atoms with Gasteiger partial charge in [0.1, 0.15) is 6.10 Å². The molecule has 3 rings (SSSR count). The minimum Gasteiger partial charge on any atom is -0.489 e. The van der Waals surface area contributed by atoms with Crippen LogP contribution in [0.15, 0.2) is 60.7 Å². The monoisotopic (exact) mass is 298 g/mol. The number of hydrogen-bond donors (Lipinski definition) is 2. The third-order valence-corrected chi connectivity index (χ3v) is 2.96. The molecule has 2 N–H and O–H groups in total. The molecule has 5 nitrogen and oxygen atoms in total. The van der Waals surface area contributed by atoms with Crippen LogP contribution in [0.4, 0.5) is 0 Å². The van der Waals surface area contributed by atoms with Crippen LogP contribution < -0.4 is 10.4 Å². The van der Waals surface area contributed by atoms with E-state index in [-0.39, 0.29) is 6.10 Å². The lowest BCUT2D eigenvalue weighted by molar-refractivity contribution is -0.134. The SMILES string of the molecule is C1=CC2=c3ccccc3=COC2C=C1.O=C(O)/C=C\C(=O)O. The first-order valence-corrected chi connectivity index (χ1v) is 6.51. The Morgan fingerprint density at radius 2 is 1.73 bits per heavy atom. The predicted molar refractivity (Wildman–Crippen MR) is 81.1 cm³/mol. The minimum absolute atomic E-state index is 0.106. The molecule has 0 bridgehead atoms. The molecule has 1 aromatic carbocycles. The first-order chi connectivity index (χ1) is 10.6. The third-order valence-electron chi connectivity index (χ3n) is 2.96. The second-order valence-corrected chi connectivity index (χ2v) is 4.47. The number of carboxylic acids is 2. The zero-order valence-electron chi connectivity index (χ0n) is 11.5. The van der Waals surface area contributed by atoms with Crippen LogP contribution in [0.25, 0.3) is 11.8 Å². The van der Waals surface area contributed by atoms with E-state index < -0.39 is 11.9 Å². The topological polar surface area (TPSA) is 83.8 Å². The zero-order chi connectivity index (χ0) is 15.9. The molecule has 1 aliphatic carbocycles. The molecular weight excluding hydrogens is 284 g/mol. The van der Waals surface area contributed by atoms with Gasteiger partial charge in [-0.05, 0) is 11.3 Å². The van der Waals surface area contributed by atoms with Crippen LogP contribution in [0.1, 0.15) is 0 Å². The van der Waals surface area contributed by atoms with E-state index in [1.165, 1.54) is 16.0 Å². The number of benzene rings is 1. The Hall–Kier alpha value is -3.08. The molecular formula is C17H14O5. The zero-order valence-corrected chi connectivity index (χ0v) is 11.5. The summed E-state index contributed by atoms with van der Waals surface area (Å²) in [6, 6.07) is 8.31. The van der Waals surface area contributed by atoms with Crippen molar-refractivity contribution in [1.29, 1.82) is 0 Å². The molecule has 5 heteroatoms. The van der Waals surface area contributed by atoms with Gasteiger partial charge in [0.25, 0.3) is 0 Å². The number of carboxylic acid groups (broad SMARTS) is 2. The van der Waals surface area contributed by atoms with Crippen LogP contribution in [0.5, 0.6) is 0 Å². The fourth-order valence-electron chi connectivity index (χ4n) is 2.04. The molecule has 1 heterocycles. The highest BCUT2D eigenvalue weighted by Gasteiger charge is 2.14. The summed E-state index contributed by atoms with van der Waals surface area (Å²) >= 11 is 0. The van der Waals surface area contributed by atoms with Crippen molar-refractivity contribution in [3.05, 3.63) is 71.2 Å². The summed E-state index contributed by atoms with van der Waals surface area (Å²) in [5, 5.41) is 18.1. The van der Waals surface area contributed by atoms with Crippen LogP contribution in [0.2, 0.25) is 0 Å². The summed E-state index contributed by atoms with van der Waals surface area (Å²) in [6.45, 7) is 0. The maximum Gasteiger partial charge on any atom is 0.328 e. The standard InChI is InChI=1S/C13H10O.C4H4O4/c1-2-6-11-10(5-1)9-14-13-8-4-3-7-12(11)13;5-3(6)1-2-4(7)8/h1-9,13H;1-2H,(H,5,6)(H,7,8)/b;2-1-. The maximum atomic E-state index is 9.55. The number of rotatable bonds is 2. The average molecular weight is 298 g/mol. The average Bonchev–Trinajstić information content (AvgIpc) is 2.53. The van der Waals surface area contributed by atoms with Crippen LogP contribution in [0.3, 0.4) is 0 Å². The third kappa shape index (κ3) is 3.96. The molecule has 0 spiro atoms.